The highest BCUT2D eigenvalue weighted by atomic mass is 16.4. The largest absolute Gasteiger partial charge is 0.481 e. The smallest absolute Gasteiger partial charge is 0.306 e. The van der Waals surface area contributed by atoms with Crippen LogP contribution in [0.4, 0.5) is 0 Å². The molecular formula is C14H22O4. The lowest BCUT2D eigenvalue weighted by Crippen LogP contribution is -2.45. The van der Waals surface area contributed by atoms with Gasteiger partial charge in [0.1, 0.15) is 0 Å². The molecule has 0 bridgehead atoms. The van der Waals surface area contributed by atoms with Crippen molar-refractivity contribution in [1.29, 1.82) is 0 Å². The number of aliphatic carboxylic acids is 2. The number of rotatable bonds is 2. The molecule has 4 nitrogen and oxygen atoms in total. The Hall–Kier alpha value is -1.06. The van der Waals surface area contributed by atoms with Crippen LogP contribution in [0, 0.1) is 35.5 Å². The molecule has 102 valence electrons. The van der Waals surface area contributed by atoms with Gasteiger partial charge in [0.05, 0.1) is 11.8 Å². The van der Waals surface area contributed by atoms with Gasteiger partial charge in [0.15, 0.2) is 0 Å². The molecular weight excluding hydrogens is 232 g/mol. The van der Waals surface area contributed by atoms with E-state index >= 15 is 0 Å². The van der Waals surface area contributed by atoms with Crippen molar-refractivity contribution in [2.75, 3.05) is 0 Å². The summed E-state index contributed by atoms with van der Waals surface area (Å²) in [4.78, 5) is 22.5. The van der Waals surface area contributed by atoms with E-state index < -0.39 is 11.9 Å². The minimum Gasteiger partial charge on any atom is -0.481 e. The molecule has 6 unspecified atom stereocenters. The first-order chi connectivity index (χ1) is 8.41. The van der Waals surface area contributed by atoms with Gasteiger partial charge in [0, 0.05) is 0 Å². The number of hydrogen-bond acceptors (Lipinski definition) is 2. The molecule has 2 N–H and O–H groups in total. The van der Waals surface area contributed by atoms with Crippen LogP contribution in [-0.4, -0.2) is 22.2 Å². The summed E-state index contributed by atoms with van der Waals surface area (Å²) in [5.74, 6) is -0.793. The van der Waals surface area contributed by atoms with Crippen molar-refractivity contribution in [2.45, 2.75) is 39.5 Å². The monoisotopic (exact) mass is 254 g/mol. The number of carboxylic acid groups (broad SMARTS) is 2. The Bertz CT molecular complexity index is 352. The second-order valence-electron chi connectivity index (χ2n) is 6.19. The third-order valence-electron chi connectivity index (χ3n) is 5.34. The number of hydrogen-bond donors (Lipinski definition) is 2. The first-order valence-corrected chi connectivity index (χ1v) is 6.87. The van der Waals surface area contributed by atoms with Gasteiger partial charge in [-0.1, -0.05) is 13.8 Å². The first kappa shape index (κ1) is 13.4. The number of carboxylic acids is 2. The van der Waals surface area contributed by atoms with Crippen molar-refractivity contribution in [1.82, 2.24) is 0 Å². The fraction of sp³-hybridized carbons (Fsp3) is 0.857. The summed E-state index contributed by atoms with van der Waals surface area (Å²) in [7, 11) is 0. The minimum atomic E-state index is -0.760. The highest BCUT2D eigenvalue weighted by Crippen LogP contribution is 2.50. The van der Waals surface area contributed by atoms with Crippen molar-refractivity contribution in [3.05, 3.63) is 0 Å². The maximum Gasteiger partial charge on any atom is 0.306 e. The highest BCUT2D eigenvalue weighted by Gasteiger charge is 2.47. The molecule has 2 fully saturated rings. The van der Waals surface area contributed by atoms with E-state index in [9.17, 15) is 14.7 Å². The molecule has 0 radical (unpaired) electrons. The zero-order chi connectivity index (χ0) is 13.4. The van der Waals surface area contributed by atoms with Gasteiger partial charge in [-0.15, -0.1) is 0 Å². The predicted molar refractivity (Wildman–Crippen MR) is 66.0 cm³/mol. The third kappa shape index (κ3) is 2.25. The predicted octanol–water partition coefficient (Wildman–Crippen LogP) is 2.48. The standard InChI is InChI=1S/C14H22O4/c1-7-5-12(14(17)18)11-6-9(13(15)16)3-4-10(11)8(7)2/h7-12H,3-6H2,1-2H3,(H,15,16)(H,17,18). The summed E-state index contributed by atoms with van der Waals surface area (Å²) in [6, 6.07) is 0. The molecule has 18 heavy (non-hydrogen) atoms. The number of fused-ring (bicyclic) bond motifs is 1. The minimum absolute atomic E-state index is 0.0588. The Balaban J connectivity index is 2.20. The molecule has 0 aromatic heterocycles. The van der Waals surface area contributed by atoms with Gasteiger partial charge in [-0.25, -0.2) is 0 Å². The molecule has 0 aromatic rings. The highest BCUT2D eigenvalue weighted by molar-refractivity contribution is 5.72. The molecule has 0 spiro atoms. The van der Waals surface area contributed by atoms with Crippen LogP contribution in [0.3, 0.4) is 0 Å². The van der Waals surface area contributed by atoms with Crippen LogP contribution in [-0.2, 0) is 9.59 Å². The third-order valence-corrected chi connectivity index (χ3v) is 5.34. The maximum atomic E-state index is 11.4. The summed E-state index contributed by atoms with van der Waals surface area (Å²) < 4.78 is 0. The Morgan fingerprint density at radius 3 is 2.17 bits per heavy atom. The van der Waals surface area contributed by atoms with Crippen LogP contribution >= 0.6 is 0 Å². The average molecular weight is 254 g/mol. The van der Waals surface area contributed by atoms with Crippen molar-refractivity contribution >= 4 is 11.9 Å². The van der Waals surface area contributed by atoms with Crippen molar-refractivity contribution in [2.24, 2.45) is 35.5 Å². The normalized spacial score (nSPS) is 44.1. The lowest BCUT2D eigenvalue weighted by molar-refractivity contribution is -0.155. The van der Waals surface area contributed by atoms with E-state index in [1.54, 1.807) is 0 Å². The second kappa shape index (κ2) is 4.90. The fourth-order valence-corrected chi connectivity index (χ4v) is 4.06. The molecule has 0 saturated heterocycles. The summed E-state index contributed by atoms with van der Waals surface area (Å²) in [5.41, 5.74) is 0. The van der Waals surface area contributed by atoms with Crippen molar-refractivity contribution in [3.63, 3.8) is 0 Å². The van der Waals surface area contributed by atoms with Crippen LogP contribution in [0.5, 0.6) is 0 Å². The van der Waals surface area contributed by atoms with E-state index in [1.807, 2.05) is 0 Å². The molecule has 2 aliphatic rings. The second-order valence-corrected chi connectivity index (χ2v) is 6.19. The summed E-state index contributed by atoms with van der Waals surface area (Å²) in [6.45, 7) is 4.32. The SMILES string of the molecule is CC1CC(C(=O)O)C2CC(C(=O)O)CCC2C1C. The quantitative estimate of drug-likeness (QED) is 0.794. The van der Waals surface area contributed by atoms with Crippen LogP contribution in [0.15, 0.2) is 0 Å². The molecule has 2 rings (SSSR count). The molecule has 2 aliphatic carbocycles. The molecule has 4 heteroatoms. The van der Waals surface area contributed by atoms with Gasteiger partial charge >= 0.3 is 11.9 Å². The van der Waals surface area contributed by atoms with Crippen LogP contribution in [0.2, 0.25) is 0 Å². The van der Waals surface area contributed by atoms with Crippen LogP contribution < -0.4 is 0 Å². The molecule has 2 saturated carbocycles. The van der Waals surface area contributed by atoms with Gasteiger partial charge in [-0.2, -0.15) is 0 Å². The van der Waals surface area contributed by atoms with E-state index in [0.717, 1.165) is 6.42 Å². The van der Waals surface area contributed by atoms with Crippen molar-refractivity contribution < 1.29 is 19.8 Å². The first-order valence-electron chi connectivity index (χ1n) is 6.87. The number of carbonyl (C=O) groups is 2. The zero-order valence-corrected chi connectivity index (χ0v) is 11.0. The van der Waals surface area contributed by atoms with E-state index in [4.69, 9.17) is 5.11 Å². The lowest BCUT2D eigenvalue weighted by atomic mass is 9.56. The van der Waals surface area contributed by atoms with Crippen molar-refractivity contribution in [3.8, 4) is 0 Å². The van der Waals surface area contributed by atoms with Gasteiger partial charge < -0.3 is 10.2 Å². The van der Waals surface area contributed by atoms with Gasteiger partial charge in [0.2, 0.25) is 0 Å². The van der Waals surface area contributed by atoms with E-state index in [-0.39, 0.29) is 17.8 Å². The summed E-state index contributed by atoms with van der Waals surface area (Å²) in [5, 5.41) is 18.5. The Morgan fingerprint density at radius 2 is 1.61 bits per heavy atom. The van der Waals surface area contributed by atoms with E-state index in [2.05, 4.69) is 13.8 Å². The van der Waals surface area contributed by atoms with Gasteiger partial charge in [-0.05, 0) is 49.4 Å². The zero-order valence-electron chi connectivity index (χ0n) is 11.0. The Morgan fingerprint density at radius 1 is 0.944 bits per heavy atom. The lowest BCUT2D eigenvalue weighted by Gasteiger charge is -2.47. The van der Waals surface area contributed by atoms with E-state index in [0.29, 0.717) is 37.0 Å². The molecule has 0 aromatic carbocycles. The Labute approximate surface area is 107 Å². The maximum absolute atomic E-state index is 11.4. The van der Waals surface area contributed by atoms with E-state index in [1.165, 1.54) is 0 Å². The molecule has 0 aliphatic heterocycles. The summed E-state index contributed by atoms with van der Waals surface area (Å²) in [6.07, 6.45) is 2.83. The molecule has 0 amide bonds. The van der Waals surface area contributed by atoms with Gasteiger partial charge in [0.25, 0.3) is 0 Å². The van der Waals surface area contributed by atoms with Gasteiger partial charge in [-0.3, -0.25) is 9.59 Å². The fourth-order valence-electron chi connectivity index (χ4n) is 4.06. The average Bonchev–Trinajstić information content (AvgIpc) is 2.32. The summed E-state index contributed by atoms with van der Waals surface area (Å²) >= 11 is 0. The molecule has 6 atom stereocenters. The topological polar surface area (TPSA) is 74.6 Å². The van der Waals surface area contributed by atoms with Crippen LogP contribution in [0.1, 0.15) is 39.5 Å². The Kier molecular flexibility index (Phi) is 3.64. The molecule has 0 heterocycles. The van der Waals surface area contributed by atoms with Crippen LogP contribution in [0.25, 0.3) is 0 Å².